The van der Waals surface area contributed by atoms with E-state index in [-0.39, 0.29) is 0 Å². The summed E-state index contributed by atoms with van der Waals surface area (Å²) in [6.45, 7) is 2.28. The zero-order chi connectivity index (χ0) is 9.36. The summed E-state index contributed by atoms with van der Waals surface area (Å²) in [7, 11) is 0. The average Bonchev–Trinajstić information content (AvgIpc) is 2.22. The summed E-state index contributed by atoms with van der Waals surface area (Å²) in [6, 6.07) is 12.5. The zero-order valence-corrected chi connectivity index (χ0v) is 8.42. The van der Waals surface area contributed by atoms with Crippen molar-refractivity contribution in [2.24, 2.45) is 0 Å². The summed E-state index contributed by atoms with van der Waals surface area (Å²) in [4.78, 5) is 0. The molecule has 13 heavy (non-hydrogen) atoms. The Bertz CT molecular complexity index is 158. The molecule has 0 N–H and O–H groups in total. The maximum absolute atomic E-state index is 2.89. The first-order valence-electron chi connectivity index (χ1n) is 5.12. The van der Waals surface area contributed by atoms with Gasteiger partial charge in [-0.25, -0.2) is 0 Å². The molecule has 1 saturated carbocycles. The molecule has 0 aliphatic heterocycles. The van der Waals surface area contributed by atoms with E-state index < -0.39 is 0 Å². The van der Waals surface area contributed by atoms with Gasteiger partial charge in [-0.3, -0.25) is 0 Å². The lowest BCUT2D eigenvalue weighted by Crippen LogP contribution is -1.97. The van der Waals surface area contributed by atoms with Gasteiger partial charge < -0.3 is 0 Å². The molecular weight excluding hydrogens is 156 g/mol. The van der Waals surface area contributed by atoms with Gasteiger partial charge in [0, 0.05) is 0 Å². The lowest BCUT2D eigenvalue weighted by atomic mass is 9.91. The zero-order valence-electron chi connectivity index (χ0n) is 8.42. The minimum atomic E-state index is 1.40. The van der Waals surface area contributed by atoms with Gasteiger partial charge in [-0.1, -0.05) is 56.5 Å². The van der Waals surface area contributed by atoms with Gasteiger partial charge >= 0.3 is 0 Å². The lowest BCUT2D eigenvalue weighted by molar-refractivity contribution is 0.539. The van der Waals surface area contributed by atoms with Gasteiger partial charge in [-0.05, 0) is 24.8 Å². The second-order valence-electron chi connectivity index (χ2n) is 3.60. The Labute approximate surface area is 82.0 Å². The molecule has 0 spiro atoms. The van der Waals surface area contributed by atoms with Crippen LogP contribution in [0.5, 0.6) is 0 Å². The predicted molar refractivity (Wildman–Crippen MR) is 57.3 cm³/mol. The fourth-order valence-electron chi connectivity index (χ4n) is 1.50. The van der Waals surface area contributed by atoms with Crippen LogP contribution in [0.3, 0.4) is 0 Å². The van der Waals surface area contributed by atoms with E-state index >= 15 is 0 Å². The van der Waals surface area contributed by atoms with Crippen molar-refractivity contribution in [2.45, 2.75) is 39.0 Å². The molecule has 0 bridgehead atoms. The normalized spacial score (nSPS) is 17.3. The van der Waals surface area contributed by atoms with Gasteiger partial charge in [-0.15, -0.1) is 0 Å². The van der Waals surface area contributed by atoms with Crippen LogP contribution in [0.4, 0.5) is 0 Å². The molecule has 2 radical (unpaired) electrons. The van der Waals surface area contributed by atoms with Gasteiger partial charge in [0.05, 0.1) is 0 Å². The summed E-state index contributed by atoms with van der Waals surface area (Å²) in [5.41, 5.74) is 0. The summed E-state index contributed by atoms with van der Waals surface area (Å²) >= 11 is 0. The molecule has 0 heterocycles. The minimum Gasteiger partial charge on any atom is -0.0622 e. The Kier molecular flexibility index (Phi) is 5.31. The smallest absolute Gasteiger partial charge is 0.0184 e. The minimum absolute atomic E-state index is 1.40. The number of rotatable bonds is 0. The van der Waals surface area contributed by atoms with E-state index in [1.807, 2.05) is 30.3 Å². The second-order valence-corrected chi connectivity index (χ2v) is 3.60. The molecule has 0 amide bonds. The van der Waals surface area contributed by atoms with E-state index in [2.05, 4.69) is 13.0 Å². The van der Waals surface area contributed by atoms with Gasteiger partial charge in [0.25, 0.3) is 0 Å². The van der Waals surface area contributed by atoms with Crippen LogP contribution >= 0.6 is 0 Å². The highest BCUT2D eigenvalue weighted by molar-refractivity contribution is 4.97. The molecule has 1 aromatic carbocycles. The van der Waals surface area contributed by atoms with E-state index in [4.69, 9.17) is 0 Å². The predicted octanol–water partition coefficient (Wildman–Crippen LogP) is 4.03. The summed E-state index contributed by atoms with van der Waals surface area (Å²) in [6.07, 6.45) is 7.18. The fourth-order valence-corrected chi connectivity index (χ4v) is 1.50. The molecule has 70 valence electrons. The van der Waals surface area contributed by atoms with E-state index in [9.17, 15) is 0 Å². The molecule has 1 aromatic rings. The Morgan fingerprint density at radius 1 is 0.923 bits per heavy atom. The lowest BCUT2D eigenvalue weighted by Gasteiger charge is -2.14. The monoisotopic (exact) mass is 174 g/mol. The van der Waals surface area contributed by atoms with Crippen molar-refractivity contribution < 1.29 is 0 Å². The molecule has 0 aromatic heterocycles. The van der Waals surface area contributed by atoms with Crippen LogP contribution < -0.4 is 0 Å². The third kappa shape index (κ3) is 5.46. The van der Waals surface area contributed by atoms with Gasteiger partial charge in [0.15, 0.2) is 0 Å². The standard InChI is InChI=1S/C7H13.C6H5/c1-7-5-3-2-4-6-7;1-2-4-6-5-3-1/h2-6H2,1H3;1-5H. The van der Waals surface area contributed by atoms with Crippen molar-refractivity contribution >= 4 is 0 Å². The third-order valence-electron chi connectivity index (χ3n) is 2.31. The van der Waals surface area contributed by atoms with E-state index in [0.29, 0.717) is 0 Å². The number of hydrogen-bond donors (Lipinski definition) is 0. The van der Waals surface area contributed by atoms with Crippen molar-refractivity contribution in [1.82, 2.24) is 0 Å². The maximum Gasteiger partial charge on any atom is -0.0184 e. The van der Waals surface area contributed by atoms with Crippen LogP contribution in [0.2, 0.25) is 0 Å². The molecule has 0 heteroatoms. The second kappa shape index (κ2) is 6.71. The Morgan fingerprint density at radius 2 is 1.54 bits per heavy atom. The van der Waals surface area contributed by atoms with Crippen LogP contribution in [0.15, 0.2) is 30.3 Å². The molecule has 0 atom stereocenters. The van der Waals surface area contributed by atoms with Crippen molar-refractivity contribution in [3.05, 3.63) is 42.3 Å². The molecule has 1 fully saturated rings. The van der Waals surface area contributed by atoms with Gasteiger partial charge in [0.2, 0.25) is 0 Å². The van der Waals surface area contributed by atoms with Crippen molar-refractivity contribution in [3.63, 3.8) is 0 Å². The largest absolute Gasteiger partial charge is 0.0622 e. The summed E-state index contributed by atoms with van der Waals surface area (Å²) < 4.78 is 0. The molecule has 1 aliphatic rings. The molecule has 0 saturated heterocycles. The first kappa shape index (κ1) is 10.3. The molecule has 0 unspecified atom stereocenters. The number of benzene rings is 1. The van der Waals surface area contributed by atoms with Crippen LogP contribution in [0, 0.1) is 12.0 Å². The van der Waals surface area contributed by atoms with E-state index in [0.717, 1.165) is 0 Å². The Morgan fingerprint density at radius 3 is 1.77 bits per heavy atom. The average molecular weight is 174 g/mol. The topological polar surface area (TPSA) is 0 Å². The highest BCUT2D eigenvalue weighted by Gasteiger charge is 2.06. The Hall–Kier alpha value is -0.780. The molecule has 2 rings (SSSR count). The third-order valence-corrected chi connectivity index (χ3v) is 2.31. The van der Waals surface area contributed by atoms with Crippen molar-refractivity contribution in [1.29, 1.82) is 0 Å². The first-order chi connectivity index (χ1) is 6.39. The van der Waals surface area contributed by atoms with Gasteiger partial charge in [0.1, 0.15) is 0 Å². The van der Waals surface area contributed by atoms with Crippen LogP contribution in [-0.2, 0) is 0 Å². The fraction of sp³-hybridized carbons (Fsp3) is 0.462. The molecular formula is C13H18. The van der Waals surface area contributed by atoms with Crippen molar-refractivity contribution in [3.8, 4) is 0 Å². The molecule has 0 nitrogen and oxygen atoms in total. The SMILES string of the molecule is C[C]1CCCCC1.[c]1ccccc1. The highest BCUT2D eigenvalue weighted by atomic mass is 14.1. The van der Waals surface area contributed by atoms with E-state index in [1.165, 1.54) is 32.1 Å². The highest BCUT2D eigenvalue weighted by Crippen LogP contribution is 2.23. The van der Waals surface area contributed by atoms with Gasteiger partial charge in [-0.2, -0.15) is 0 Å². The maximum atomic E-state index is 2.89. The summed E-state index contributed by atoms with van der Waals surface area (Å²) in [5.74, 6) is 1.71. The quantitative estimate of drug-likeness (QED) is 0.557. The Balaban J connectivity index is 0.000000132. The van der Waals surface area contributed by atoms with Crippen LogP contribution in [-0.4, -0.2) is 0 Å². The van der Waals surface area contributed by atoms with Crippen molar-refractivity contribution in [2.75, 3.05) is 0 Å². The first-order valence-corrected chi connectivity index (χ1v) is 5.12. The van der Waals surface area contributed by atoms with Crippen LogP contribution in [0.1, 0.15) is 39.0 Å². The number of hydrogen-bond acceptors (Lipinski definition) is 0. The van der Waals surface area contributed by atoms with E-state index in [1.54, 1.807) is 5.92 Å². The summed E-state index contributed by atoms with van der Waals surface area (Å²) in [5, 5.41) is 0. The molecule has 1 aliphatic carbocycles. The van der Waals surface area contributed by atoms with Crippen LogP contribution in [0.25, 0.3) is 0 Å².